The lowest BCUT2D eigenvalue weighted by atomic mass is 10.0. The standard InChI is InChI=1S/C21H21BrN4O3/c1-13-3-6-20(29-13)19-12-17(16-11-15(22)4-5-18(16)23-19)21(28)25-7-9-26(10-8-25)24-14(2)27/h3-6,11-12H,7-10H2,1-2H3,(H,24,27). The number of hydrogen-bond acceptors (Lipinski definition) is 5. The molecule has 150 valence electrons. The normalized spacial score (nSPS) is 14.9. The smallest absolute Gasteiger partial charge is 0.254 e. The molecule has 4 rings (SSSR count). The molecule has 1 aromatic carbocycles. The Labute approximate surface area is 176 Å². The average molecular weight is 457 g/mol. The van der Waals surface area contributed by atoms with Crippen molar-refractivity contribution in [3.63, 3.8) is 0 Å². The van der Waals surface area contributed by atoms with Crippen LogP contribution >= 0.6 is 15.9 Å². The van der Waals surface area contributed by atoms with Crippen molar-refractivity contribution >= 4 is 38.6 Å². The van der Waals surface area contributed by atoms with E-state index in [0.29, 0.717) is 43.2 Å². The number of hydrazine groups is 1. The number of nitrogens with zero attached hydrogens (tertiary/aromatic N) is 3. The number of halogens is 1. The first-order valence-corrected chi connectivity index (χ1v) is 10.2. The summed E-state index contributed by atoms with van der Waals surface area (Å²) in [4.78, 5) is 31.1. The van der Waals surface area contributed by atoms with E-state index in [4.69, 9.17) is 9.40 Å². The number of piperazine rings is 1. The Balaban J connectivity index is 1.69. The van der Waals surface area contributed by atoms with Crippen LogP contribution in [-0.4, -0.2) is 52.9 Å². The largest absolute Gasteiger partial charge is 0.460 e. The molecule has 0 spiro atoms. The number of aryl methyl sites for hydroxylation is 1. The summed E-state index contributed by atoms with van der Waals surface area (Å²) < 4.78 is 6.62. The van der Waals surface area contributed by atoms with Crippen molar-refractivity contribution < 1.29 is 14.0 Å². The van der Waals surface area contributed by atoms with Crippen LogP contribution < -0.4 is 5.43 Å². The third-order valence-electron chi connectivity index (χ3n) is 4.88. The molecule has 2 amide bonds. The number of hydrogen-bond donors (Lipinski definition) is 1. The maximum absolute atomic E-state index is 13.4. The number of pyridine rings is 1. The van der Waals surface area contributed by atoms with E-state index in [-0.39, 0.29) is 11.8 Å². The fraction of sp³-hybridized carbons (Fsp3) is 0.286. The topological polar surface area (TPSA) is 78.7 Å². The van der Waals surface area contributed by atoms with Crippen LogP contribution in [0.5, 0.6) is 0 Å². The van der Waals surface area contributed by atoms with Gasteiger partial charge in [0.1, 0.15) is 11.5 Å². The zero-order chi connectivity index (χ0) is 20.5. The molecule has 7 nitrogen and oxygen atoms in total. The Hall–Kier alpha value is -2.71. The molecule has 0 bridgehead atoms. The molecular formula is C21H21BrN4O3. The molecule has 1 saturated heterocycles. The van der Waals surface area contributed by atoms with Crippen LogP contribution in [0.1, 0.15) is 23.0 Å². The maximum atomic E-state index is 13.4. The van der Waals surface area contributed by atoms with Gasteiger partial charge in [0, 0.05) is 43.0 Å². The van der Waals surface area contributed by atoms with Crippen molar-refractivity contribution in [1.82, 2.24) is 20.3 Å². The highest BCUT2D eigenvalue weighted by Crippen LogP contribution is 2.29. The van der Waals surface area contributed by atoms with Gasteiger partial charge in [0.25, 0.3) is 5.91 Å². The van der Waals surface area contributed by atoms with Gasteiger partial charge in [-0.15, -0.1) is 0 Å². The maximum Gasteiger partial charge on any atom is 0.254 e. The number of nitrogens with one attached hydrogen (secondary N) is 1. The zero-order valence-corrected chi connectivity index (χ0v) is 17.8. The number of carbonyl (C=O) groups is 2. The molecule has 0 unspecified atom stereocenters. The lowest BCUT2D eigenvalue weighted by molar-refractivity contribution is -0.124. The summed E-state index contributed by atoms with van der Waals surface area (Å²) in [5.74, 6) is 1.27. The van der Waals surface area contributed by atoms with Crippen molar-refractivity contribution in [2.45, 2.75) is 13.8 Å². The first-order valence-electron chi connectivity index (χ1n) is 9.39. The molecule has 1 aliphatic rings. The number of rotatable bonds is 3. The highest BCUT2D eigenvalue weighted by molar-refractivity contribution is 9.10. The van der Waals surface area contributed by atoms with E-state index in [0.717, 1.165) is 21.1 Å². The molecule has 0 saturated carbocycles. The van der Waals surface area contributed by atoms with E-state index >= 15 is 0 Å². The molecule has 0 aliphatic carbocycles. The van der Waals surface area contributed by atoms with Crippen LogP contribution in [0.25, 0.3) is 22.4 Å². The summed E-state index contributed by atoms with van der Waals surface area (Å²) in [6.45, 7) is 5.60. The summed E-state index contributed by atoms with van der Waals surface area (Å²) in [5, 5.41) is 2.63. The minimum absolute atomic E-state index is 0.0532. The second kappa shape index (κ2) is 7.96. The number of amides is 2. The highest BCUT2D eigenvalue weighted by Gasteiger charge is 2.25. The summed E-state index contributed by atoms with van der Waals surface area (Å²) in [5.41, 5.74) is 4.74. The van der Waals surface area contributed by atoms with Gasteiger partial charge >= 0.3 is 0 Å². The Morgan fingerprint density at radius 3 is 2.52 bits per heavy atom. The zero-order valence-electron chi connectivity index (χ0n) is 16.2. The van der Waals surface area contributed by atoms with Crippen LogP contribution in [0.4, 0.5) is 0 Å². The fourth-order valence-corrected chi connectivity index (χ4v) is 3.85. The molecular weight excluding hydrogens is 436 g/mol. The Morgan fingerprint density at radius 1 is 1.10 bits per heavy atom. The van der Waals surface area contributed by atoms with Crippen LogP contribution in [-0.2, 0) is 4.79 Å². The Kier molecular flexibility index (Phi) is 5.38. The van der Waals surface area contributed by atoms with Gasteiger partial charge < -0.3 is 9.32 Å². The average Bonchev–Trinajstić information content (AvgIpc) is 3.13. The Morgan fingerprint density at radius 2 is 1.86 bits per heavy atom. The van der Waals surface area contributed by atoms with Gasteiger partial charge in [0.15, 0.2) is 5.76 Å². The van der Waals surface area contributed by atoms with Crippen molar-refractivity contribution in [2.24, 2.45) is 0 Å². The summed E-state index contributed by atoms with van der Waals surface area (Å²) in [7, 11) is 0. The molecule has 3 aromatic rings. The fourth-order valence-electron chi connectivity index (χ4n) is 3.49. The SMILES string of the molecule is CC(=O)NN1CCN(C(=O)c2cc(-c3ccc(C)o3)nc3ccc(Br)cc23)CC1. The monoisotopic (exact) mass is 456 g/mol. The van der Waals surface area contributed by atoms with E-state index < -0.39 is 0 Å². The molecule has 0 atom stereocenters. The first kappa shape index (κ1) is 19.6. The predicted molar refractivity (Wildman–Crippen MR) is 113 cm³/mol. The van der Waals surface area contributed by atoms with E-state index in [9.17, 15) is 9.59 Å². The molecule has 1 fully saturated rings. The molecule has 1 N–H and O–H groups in total. The van der Waals surface area contributed by atoms with Crippen LogP contribution in [0.15, 0.2) is 45.3 Å². The summed E-state index contributed by atoms with van der Waals surface area (Å²) >= 11 is 3.49. The van der Waals surface area contributed by atoms with E-state index in [1.54, 1.807) is 6.07 Å². The third-order valence-corrected chi connectivity index (χ3v) is 5.37. The number of carbonyl (C=O) groups excluding carboxylic acids is 2. The van der Waals surface area contributed by atoms with Crippen molar-refractivity contribution in [2.75, 3.05) is 26.2 Å². The van der Waals surface area contributed by atoms with E-state index in [1.165, 1.54) is 6.92 Å². The van der Waals surface area contributed by atoms with Crippen molar-refractivity contribution in [1.29, 1.82) is 0 Å². The Bertz CT molecular complexity index is 1090. The number of fused-ring (bicyclic) bond motifs is 1. The minimum atomic E-state index is -0.104. The second-order valence-corrected chi connectivity index (χ2v) is 7.99. The second-order valence-electron chi connectivity index (χ2n) is 7.07. The van der Waals surface area contributed by atoms with Crippen molar-refractivity contribution in [3.8, 4) is 11.5 Å². The van der Waals surface area contributed by atoms with Gasteiger partial charge in [-0.2, -0.15) is 0 Å². The van der Waals surface area contributed by atoms with Crippen LogP contribution in [0.2, 0.25) is 0 Å². The molecule has 3 heterocycles. The quantitative estimate of drug-likeness (QED) is 0.653. The van der Waals surface area contributed by atoms with Gasteiger partial charge in [-0.25, -0.2) is 9.99 Å². The lowest BCUT2D eigenvalue weighted by Gasteiger charge is -2.34. The van der Waals surface area contributed by atoms with Gasteiger partial charge in [0.05, 0.1) is 11.1 Å². The van der Waals surface area contributed by atoms with Gasteiger partial charge in [-0.05, 0) is 43.3 Å². The number of furan rings is 1. The number of benzene rings is 1. The predicted octanol–water partition coefficient (Wildman–Crippen LogP) is 3.37. The highest BCUT2D eigenvalue weighted by atomic mass is 79.9. The molecule has 1 aliphatic heterocycles. The lowest BCUT2D eigenvalue weighted by Crippen LogP contribution is -2.54. The van der Waals surface area contributed by atoms with Gasteiger partial charge in [-0.3, -0.25) is 15.0 Å². The van der Waals surface area contributed by atoms with Gasteiger partial charge in [-0.1, -0.05) is 15.9 Å². The van der Waals surface area contributed by atoms with E-state index in [1.807, 2.05) is 47.2 Å². The van der Waals surface area contributed by atoms with Crippen LogP contribution in [0.3, 0.4) is 0 Å². The minimum Gasteiger partial charge on any atom is -0.460 e. The first-order chi connectivity index (χ1) is 13.9. The molecule has 29 heavy (non-hydrogen) atoms. The van der Waals surface area contributed by atoms with Crippen LogP contribution in [0, 0.1) is 6.92 Å². The number of aromatic nitrogens is 1. The van der Waals surface area contributed by atoms with Gasteiger partial charge in [0.2, 0.25) is 5.91 Å². The molecule has 2 aromatic heterocycles. The molecule has 0 radical (unpaired) electrons. The third kappa shape index (κ3) is 4.18. The van der Waals surface area contributed by atoms with E-state index in [2.05, 4.69) is 21.4 Å². The molecule has 8 heteroatoms. The summed E-state index contributed by atoms with van der Waals surface area (Å²) in [6, 6.07) is 11.3. The summed E-state index contributed by atoms with van der Waals surface area (Å²) in [6.07, 6.45) is 0. The van der Waals surface area contributed by atoms with Crippen molar-refractivity contribution in [3.05, 3.63) is 52.2 Å².